The summed E-state index contributed by atoms with van der Waals surface area (Å²) in [5.74, 6) is -1.13. The van der Waals surface area contributed by atoms with Crippen molar-refractivity contribution in [2.24, 2.45) is 11.7 Å². The van der Waals surface area contributed by atoms with Crippen molar-refractivity contribution in [2.75, 3.05) is 13.1 Å². The Hall–Kier alpha value is -1.64. The topological polar surface area (TPSA) is 104 Å². The predicted molar refractivity (Wildman–Crippen MR) is 96.2 cm³/mol. The highest BCUT2D eigenvalue weighted by molar-refractivity contribution is 6.40. The predicted octanol–water partition coefficient (Wildman–Crippen LogP) is 1.56. The van der Waals surface area contributed by atoms with Gasteiger partial charge in [-0.05, 0) is 62.3 Å². The molecule has 1 heterocycles. The van der Waals surface area contributed by atoms with Gasteiger partial charge in [-0.25, -0.2) is 8.78 Å². The number of benzene rings is 1. The second-order valence-corrected chi connectivity index (χ2v) is 6.87. The lowest BCUT2D eigenvalue weighted by Gasteiger charge is -2.34. The van der Waals surface area contributed by atoms with E-state index >= 15 is 0 Å². The molecular weight excluding hydrogens is 357 g/mol. The maximum absolute atomic E-state index is 13.3. The lowest BCUT2D eigenvalue weighted by atomic mass is 9.82. The molecule has 27 heavy (non-hydrogen) atoms. The zero-order valence-corrected chi connectivity index (χ0v) is 15.3. The van der Waals surface area contributed by atoms with Gasteiger partial charge < -0.3 is 15.8 Å². The van der Waals surface area contributed by atoms with E-state index in [-0.39, 0.29) is 12.2 Å². The summed E-state index contributed by atoms with van der Waals surface area (Å²) in [5.41, 5.74) is 7.06. The molecule has 1 aromatic carbocycles. The van der Waals surface area contributed by atoms with Crippen LogP contribution in [-0.2, 0) is 16.1 Å². The van der Waals surface area contributed by atoms with E-state index in [0.717, 1.165) is 50.8 Å². The number of hydrogen-bond acceptors (Lipinski definition) is 6. The summed E-state index contributed by atoms with van der Waals surface area (Å²) in [6, 6.07) is 4.22. The van der Waals surface area contributed by atoms with Gasteiger partial charge in [0, 0.05) is 12.6 Å². The maximum atomic E-state index is 13.3. The average molecular weight is 384 g/mol. The number of halogens is 2. The van der Waals surface area contributed by atoms with Gasteiger partial charge in [0.15, 0.2) is 11.6 Å². The summed E-state index contributed by atoms with van der Waals surface area (Å²) in [5, 5.41) is 17.6. The molecule has 9 heteroatoms. The van der Waals surface area contributed by atoms with Crippen molar-refractivity contribution in [3.8, 4) is 0 Å². The molecule has 2 rings (SSSR count). The summed E-state index contributed by atoms with van der Waals surface area (Å²) in [6.07, 6.45) is 5.26. The van der Waals surface area contributed by atoms with Crippen molar-refractivity contribution in [3.05, 3.63) is 35.4 Å². The molecule has 150 valence electrons. The van der Waals surface area contributed by atoms with Crippen molar-refractivity contribution >= 4 is 13.3 Å². The maximum Gasteiger partial charge on any atom is 0.451 e. The van der Waals surface area contributed by atoms with Crippen LogP contribution in [0.3, 0.4) is 0 Å². The molecule has 4 N–H and O–H groups in total. The first-order chi connectivity index (χ1) is 12.9. The van der Waals surface area contributed by atoms with Crippen LogP contribution in [0.15, 0.2) is 18.2 Å². The van der Waals surface area contributed by atoms with Gasteiger partial charge in [-0.15, -0.1) is 0 Å². The molecule has 0 aliphatic carbocycles. The van der Waals surface area contributed by atoms with Gasteiger partial charge in [-0.1, -0.05) is 18.9 Å². The molecule has 1 aliphatic heterocycles. The number of carbonyl (C=O) groups excluding carboxylic acids is 2. The largest absolute Gasteiger partial charge is 0.451 e. The molecule has 0 saturated carbocycles. The SMILES string of the molecule is NC(CCCCB(O)O)C1CCN(Cc2ccc(F)c(F)c2)CC1.O=C=O. The third kappa shape index (κ3) is 9.22. The zero-order valence-electron chi connectivity index (χ0n) is 15.3. The van der Waals surface area contributed by atoms with Crippen molar-refractivity contribution in [3.63, 3.8) is 0 Å². The van der Waals surface area contributed by atoms with E-state index in [1.807, 2.05) is 0 Å². The molecule has 1 aliphatic rings. The Morgan fingerprint density at radius 3 is 2.37 bits per heavy atom. The zero-order chi connectivity index (χ0) is 20.2. The van der Waals surface area contributed by atoms with Crippen LogP contribution < -0.4 is 5.73 Å². The number of rotatable bonds is 8. The van der Waals surface area contributed by atoms with Crippen LogP contribution in [0.4, 0.5) is 8.78 Å². The van der Waals surface area contributed by atoms with E-state index in [1.165, 1.54) is 12.1 Å². The Balaban J connectivity index is 0.00000114. The van der Waals surface area contributed by atoms with Crippen LogP contribution in [0, 0.1) is 17.6 Å². The van der Waals surface area contributed by atoms with Crippen LogP contribution in [0.25, 0.3) is 0 Å². The molecule has 0 spiro atoms. The lowest BCUT2D eigenvalue weighted by Crippen LogP contribution is -2.40. The number of unbranched alkanes of at least 4 members (excludes halogenated alkanes) is 1. The van der Waals surface area contributed by atoms with E-state index in [0.29, 0.717) is 18.8 Å². The molecule has 1 unspecified atom stereocenters. The third-order valence-corrected chi connectivity index (χ3v) is 4.88. The quantitative estimate of drug-likeness (QED) is 0.464. The first-order valence-electron chi connectivity index (χ1n) is 9.14. The van der Waals surface area contributed by atoms with Gasteiger partial charge in [0.2, 0.25) is 0 Å². The molecule has 1 aromatic rings. The first-order valence-corrected chi connectivity index (χ1v) is 9.14. The Bertz CT molecular complexity index is 593. The summed E-state index contributed by atoms with van der Waals surface area (Å²) >= 11 is 0. The van der Waals surface area contributed by atoms with E-state index in [2.05, 4.69) is 4.90 Å². The number of nitrogens with two attached hydrogens (primary N) is 1. The summed E-state index contributed by atoms with van der Waals surface area (Å²) < 4.78 is 26.2. The first kappa shape index (κ1) is 23.4. The van der Waals surface area contributed by atoms with Gasteiger partial charge in [0.1, 0.15) is 0 Å². The minimum atomic E-state index is -1.22. The summed E-state index contributed by atoms with van der Waals surface area (Å²) in [6.45, 7) is 2.45. The fraction of sp³-hybridized carbons (Fsp3) is 0.611. The second kappa shape index (κ2) is 12.7. The molecule has 0 radical (unpaired) electrons. The van der Waals surface area contributed by atoms with E-state index in [4.69, 9.17) is 25.4 Å². The van der Waals surface area contributed by atoms with Gasteiger partial charge in [-0.2, -0.15) is 9.59 Å². The van der Waals surface area contributed by atoms with E-state index in [1.54, 1.807) is 6.07 Å². The van der Waals surface area contributed by atoms with Crippen LogP contribution in [-0.4, -0.2) is 47.3 Å². The minimum absolute atomic E-state index is 0.145. The highest BCUT2D eigenvalue weighted by atomic mass is 19.2. The third-order valence-electron chi connectivity index (χ3n) is 4.88. The number of likely N-dealkylation sites (tertiary alicyclic amines) is 1. The number of piperidine rings is 1. The van der Waals surface area contributed by atoms with Gasteiger partial charge >= 0.3 is 13.3 Å². The summed E-state index contributed by atoms with van der Waals surface area (Å²) in [4.78, 5) is 18.5. The van der Waals surface area contributed by atoms with Crippen LogP contribution in [0.5, 0.6) is 0 Å². The Labute approximate surface area is 158 Å². The van der Waals surface area contributed by atoms with Crippen molar-refractivity contribution in [1.82, 2.24) is 4.90 Å². The average Bonchev–Trinajstić information content (AvgIpc) is 2.63. The van der Waals surface area contributed by atoms with Gasteiger partial charge in [-0.3, -0.25) is 4.90 Å². The standard InChI is InChI=1S/C17H27BF2N2O2.CO2/c19-15-5-4-13(11-16(15)20)12-22-9-6-14(7-10-22)17(21)3-1-2-8-18(23)24;2-1-3/h4-5,11,14,17,23-24H,1-3,6-10,12,21H2;. The Morgan fingerprint density at radius 1 is 1.19 bits per heavy atom. The van der Waals surface area contributed by atoms with Crippen LogP contribution in [0.2, 0.25) is 6.32 Å². The van der Waals surface area contributed by atoms with Crippen molar-refractivity contribution in [1.29, 1.82) is 0 Å². The lowest BCUT2D eigenvalue weighted by molar-refractivity contribution is -0.191. The molecule has 0 bridgehead atoms. The Morgan fingerprint density at radius 2 is 1.81 bits per heavy atom. The fourth-order valence-electron chi connectivity index (χ4n) is 3.38. The van der Waals surface area contributed by atoms with Gasteiger partial charge in [0.25, 0.3) is 0 Å². The molecule has 1 fully saturated rings. The number of hydrogen-bond donors (Lipinski definition) is 3. The second-order valence-electron chi connectivity index (χ2n) is 6.87. The van der Waals surface area contributed by atoms with E-state index < -0.39 is 18.8 Å². The summed E-state index contributed by atoms with van der Waals surface area (Å²) in [7, 11) is -1.22. The molecule has 1 saturated heterocycles. The Kier molecular flexibility index (Phi) is 11.0. The fourth-order valence-corrected chi connectivity index (χ4v) is 3.38. The molecule has 1 atom stereocenters. The highest BCUT2D eigenvalue weighted by Gasteiger charge is 2.24. The smallest absolute Gasteiger partial charge is 0.427 e. The molecule has 6 nitrogen and oxygen atoms in total. The van der Waals surface area contributed by atoms with Gasteiger partial charge in [0.05, 0.1) is 0 Å². The van der Waals surface area contributed by atoms with Crippen molar-refractivity contribution in [2.45, 2.75) is 51.0 Å². The molecule has 0 amide bonds. The van der Waals surface area contributed by atoms with Crippen molar-refractivity contribution < 1.29 is 28.4 Å². The minimum Gasteiger partial charge on any atom is -0.427 e. The monoisotopic (exact) mass is 384 g/mol. The van der Waals surface area contributed by atoms with Crippen LogP contribution >= 0.6 is 0 Å². The van der Waals surface area contributed by atoms with E-state index in [9.17, 15) is 8.78 Å². The highest BCUT2D eigenvalue weighted by Crippen LogP contribution is 2.24. The molecular formula is C18H27BF2N2O4. The normalized spacial score (nSPS) is 16.2. The van der Waals surface area contributed by atoms with Crippen LogP contribution in [0.1, 0.15) is 37.7 Å². The number of nitrogens with zero attached hydrogens (tertiary/aromatic N) is 1. The molecule has 0 aromatic heterocycles.